The van der Waals surface area contributed by atoms with Crippen LogP contribution in [0.3, 0.4) is 0 Å². The van der Waals surface area contributed by atoms with Crippen LogP contribution in [-0.4, -0.2) is 29.9 Å². The van der Waals surface area contributed by atoms with Gasteiger partial charge in [0, 0.05) is 19.5 Å². The van der Waals surface area contributed by atoms with Crippen LogP contribution in [0.4, 0.5) is 0 Å². The van der Waals surface area contributed by atoms with Crippen molar-refractivity contribution in [2.75, 3.05) is 14.1 Å². The molecule has 1 heterocycles. The van der Waals surface area contributed by atoms with Crippen molar-refractivity contribution in [3.05, 3.63) is 16.1 Å². The highest BCUT2D eigenvalue weighted by atomic mass is 32.1. The molecule has 1 amide bonds. The van der Waals surface area contributed by atoms with Crippen LogP contribution in [-0.2, 0) is 5.41 Å². The summed E-state index contributed by atoms with van der Waals surface area (Å²) in [4.78, 5) is 18.1. The molecule has 0 unspecified atom stereocenters. The van der Waals surface area contributed by atoms with Crippen molar-refractivity contribution >= 4 is 17.2 Å². The van der Waals surface area contributed by atoms with Gasteiger partial charge >= 0.3 is 0 Å². The van der Waals surface area contributed by atoms with Crippen LogP contribution in [0.5, 0.6) is 0 Å². The summed E-state index contributed by atoms with van der Waals surface area (Å²) in [7, 11) is 3.50. The second-order valence-corrected chi connectivity index (χ2v) is 5.51. The van der Waals surface area contributed by atoms with Crippen LogP contribution in [0, 0.1) is 0 Å². The molecule has 0 radical (unpaired) electrons. The highest BCUT2D eigenvalue weighted by Gasteiger charge is 2.20. The quantitative estimate of drug-likeness (QED) is 0.714. The van der Waals surface area contributed by atoms with Gasteiger partial charge in [-0.3, -0.25) is 4.79 Å². The third-order valence-electron chi connectivity index (χ3n) is 1.76. The Morgan fingerprint density at radius 3 is 2.36 bits per heavy atom. The van der Waals surface area contributed by atoms with Crippen LogP contribution < -0.4 is 0 Å². The Hall–Kier alpha value is -0.900. The van der Waals surface area contributed by atoms with Gasteiger partial charge in [0.15, 0.2) is 0 Å². The molecule has 1 aromatic rings. The Morgan fingerprint density at radius 2 is 2.00 bits per heavy atom. The Balaban J connectivity index is 2.95. The molecule has 0 saturated carbocycles. The van der Waals surface area contributed by atoms with Crippen molar-refractivity contribution in [3.8, 4) is 0 Å². The molecular formula is C10H16N2OS. The van der Waals surface area contributed by atoms with Crippen molar-refractivity contribution in [3.63, 3.8) is 0 Å². The maximum atomic E-state index is 11.6. The molecule has 3 nitrogen and oxygen atoms in total. The SMILES string of the molecule is CN(C)C(=O)c1cnc(C(C)(C)C)s1. The van der Waals surface area contributed by atoms with Gasteiger partial charge in [0.1, 0.15) is 4.88 Å². The van der Waals surface area contributed by atoms with Crippen molar-refractivity contribution < 1.29 is 4.79 Å². The van der Waals surface area contributed by atoms with Crippen LogP contribution in [0.25, 0.3) is 0 Å². The summed E-state index contributed by atoms with van der Waals surface area (Å²) in [5.41, 5.74) is 0.0233. The molecular weight excluding hydrogens is 196 g/mol. The fraction of sp³-hybridized carbons (Fsp3) is 0.600. The molecule has 0 aliphatic rings. The fourth-order valence-electron chi connectivity index (χ4n) is 0.940. The summed E-state index contributed by atoms with van der Waals surface area (Å²) in [6.45, 7) is 6.28. The molecule has 78 valence electrons. The second kappa shape index (κ2) is 3.69. The standard InChI is InChI=1S/C10H16N2OS/c1-10(2,3)9-11-6-7(14-9)8(13)12(4)5/h6H,1-5H3. The van der Waals surface area contributed by atoms with E-state index in [2.05, 4.69) is 25.8 Å². The van der Waals surface area contributed by atoms with Crippen molar-refractivity contribution in [2.45, 2.75) is 26.2 Å². The zero-order chi connectivity index (χ0) is 10.9. The van der Waals surface area contributed by atoms with Crippen LogP contribution >= 0.6 is 11.3 Å². The zero-order valence-corrected chi connectivity index (χ0v) is 10.1. The topological polar surface area (TPSA) is 33.2 Å². The molecule has 1 rings (SSSR count). The minimum Gasteiger partial charge on any atom is -0.344 e. The van der Waals surface area contributed by atoms with E-state index in [0.717, 1.165) is 5.01 Å². The normalized spacial score (nSPS) is 11.5. The predicted molar refractivity (Wildman–Crippen MR) is 58.8 cm³/mol. The number of thiazole rings is 1. The Bertz CT molecular complexity index is 336. The third kappa shape index (κ3) is 2.32. The summed E-state index contributed by atoms with van der Waals surface area (Å²) in [5.74, 6) is 0.0259. The van der Waals surface area contributed by atoms with Crippen molar-refractivity contribution in [1.29, 1.82) is 0 Å². The maximum absolute atomic E-state index is 11.6. The maximum Gasteiger partial charge on any atom is 0.265 e. The van der Waals surface area contributed by atoms with E-state index >= 15 is 0 Å². The molecule has 4 heteroatoms. The van der Waals surface area contributed by atoms with Crippen LogP contribution in [0.1, 0.15) is 35.5 Å². The van der Waals surface area contributed by atoms with Gasteiger partial charge in [-0.05, 0) is 0 Å². The highest BCUT2D eigenvalue weighted by Crippen LogP contribution is 2.27. The summed E-state index contributed by atoms with van der Waals surface area (Å²) >= 11 is 1.47. The van der Waals surface area contributed by atoms with Gasteiger partial charge in [0.05, 0.1) is 11.2 Å². The molecule has 0 atom stereocenters. The van der Waals surface area contributed by atoms with E-state index in [-0.39, 0.29) is 11.3 Å². The van der Waals surface area contributed by atoms with Crippen molar-refractivity contribution in [2.24, 2.45) is 0 Å². The minimum absolute atomic E-state index is 0.0233. The Kier molecular flexibility index (Phi) is 2.95. The molecule has 0 saturated heterocycles. The summed E-state index contributed by atoms with van der Waals surface area (Å²) in [5, 5.41) is 1.00. The van der Waals surface area contributed by atoms with Crippen LogP contribution in [0.2, 0.25) is 0 Å². The van der Waals surface area contributed by atoms with E-state index in [1.165, 1.54) is 11.3 Å². The first-order valence-corrected chi connectivity index (χ1v) is 5.32. The van der Waals surface area contributed by atoms with Gasteiger partial charge in [-0.25, -0.2) is 4.98 Å². The van der Waals surface area contributed by atoms with Gasteiger partial charge in [-0.2, -0.15) is 0 Å². The van der Waals surface area contributed by atoms with Crippen LogP contribution in [0.15, 0.2) is 6.20 Å². The molecule has 0 N–H and O–H groups in total. The third-order valence-corrected chi connectivity index (χ3v) is 3.18. The lowest BCUT2D eigenvalue weighted by Crippen LogP contribution is -2.20. The number of carbonyl (C=O) groups excluding carboxylic acids is 1. The summed E-state index contributed by atoms with van der Waals surface area (Å²) in [6.07, 6.45) is 1.66. The van der Waals surface area contributed by atoms with Crippen molar-refractivity contribution in [1.82, 2.24) is 9.88 Å². The molecule has 0 fully saturated rings. The molecule has 14 heavy (non-hydrogen) atoms. The fourth-order valence-corrected chi connectivity index (χ4v) is 1.94. The lowest BCUT2D eigenvalue weighted by Gasteiger charge is -2.13. The van der Waals surface area contributed by atoms with E-state index in [9.17, 15) is 4.79 Å². The minimum atomic E-state index is 0.0233. The number of rotatable bonds is 1. The number of carbonyl (C=O) groups is 1. The molecule has 0 bridgehead atoms. The molecule has 0 aliphatic carbocycles. The van der Waals surface area contributed by atoms with E-state index < -0.39 is 0 Å². The second-order valence-electron chi connectivity index (χ2n) is 4.48. The number of nitrogens with zero attached hydrogens (tertiary/aromatic N) is 2. The van der Waals surface area contributed by atoms with E-state index in [1.54, 1.807) is 25.2 Å². The highest BCUT2D eigenvalue weighted by molar-refractivity contribution is 7.13. The Labute approximate surface area is 88.8 Å². The zero-order valence-electron chi connectivity index (χ0n) is 9.29. The number of aromatic nitrogens is 1. The molecule has 0 aromatic carbocycles. The van der Waals surface area contributed by atoms with Gasteiger partial charge in [0.2, 0.25) is 0 Å². The van der Waals surface area contributed by atoms with E-state index in [4.69, 9.17) is 0 Å². The number of amides is 1. The predicted octanol–water partition coefficient (Wildman–Crippen LogP) is 2.14. The van der Waals surface area contributed by atoms with E-state index in [1.807, 2.05) is 0 Å². The molecule has 0 aliphatic heterocycles. The Morgan fingerprint density at radius 1 is 1.43 bits per heavy atom. The van der Waals surface area contributed by atoms with Gasteiger partial charge in [-0.1, -0.05) is 20.8 Å². The first-order chi connectivity index (χ1) is 6.32. The average Bonchev–Trinajstić information content (AvgIpc) is 2.49. The summed E-state index contributed by atoms with van der Waals surface area (Å²) < 4.78 is 0. The molecule has 0 spiro atoms. The van der Waals surface area contributed by atoms with E-state index in [0.29, 0.717) is 4.88 Å². The average molecular weight is 212 g/mol. The smallest absolute Gasteiger partial charge is 0.265 e. The molecule has 1 aromatic heterocycles. The summed E-state index contributed by atoms with van der Waals surface area (Å²) in [6, 6.07) is 0. The lowest BCUT2D eigenvalue weighted by atomic mass is 9.98. The lowest BCUT2D eigenvalue weighted by molar-refractivity contribution is 0.0832. The van der Waals surface area contributed by atoms with Gasteiger partial charge < -0.3 is 4.90 Å². The number of hydrogen-bond acceptors (Lipinski definition) is 3. The monoisotopic (exact) mass is 212 g/mol. The van der Waals surface area contributed by atoms with Gasteiger partial charge in [-0.15, -0.1) is 11.3 Å². The first-order valence-electron chi connectivity index (χ1n) is 4.50. The largest absolute Gasteiger partial charge is 0.344 e. The number of hydrogen-bond donors (Lipinski definition) is 0. The van der Waals surface area contributed by atoms with Gasteiger partial charge in [0.25, 0.3) is 5.91 Å². The first kappa shape index (κ1) is 11.2.